The highest BCUT2D eigenvalue weighted by Crippen LogP contribution is 2.37. The van der Waals surface area contributed by atoms with Crippen LogP contribution in [0.2, 0.25) is 0 Å². The fourth-order valence-corrected chi connectivity index (χ4v) is 4.49. The maximum absolute atomic E-state index is 9.99. The molecule has 2 saturated carbocycles. The fraction of sp³-hybridized carbons (Fsp3) is 1.00. The first-order chi connectivity index (χ1) is 8.34. The van der Waals surface area contributed by atoms with Crippen molar-refractivity contribution in [2.45, 2.75) is 69.9 Å². The summed E-state index contributed by atoms with van der Waals surface area (Å²) in [6, 6.07) is 0.866. The molecule has 0 aromatic carbocycles. The maximum Gasteiger partial charge on any atom is 0.0580 e. The third-order valence-electron chi connectivity index (χ3n) is 5.45. The van der Waals surface area contributed by atoms with Crippen molar-refractivity contribution < 1.29 is 5.11 Å². The van der Waals surface area contributed by atoms with Crippen molar-refractivity contribution in [2.24, 2.45) is 11.8 Å². The van der Waals surface area contributed by atoms with Gasteiger partial charge in [0.2, 0.25) is 0 Å². The zero-order valence-corrected chi connectivity index (χ0v) is 11.0. The Morgan fingerprint density at radius 2 is 1.71 bits per heavy atom. The number of rotatable bonds is 2. The van der Waals surface area contributed by atoms with Gasteiger partial charge in [0.15, 0.2) is 0 Å². The molecule has 4 atom stereocenters. The number of fused-ring (bicyclic) bond motifs is 1. The Labute approximate surface area is 105 Å². The maximum atomic E-state index is 9.99. The first kappa shape index (κ1) is 12.0. The molecule has 0 spiro atoms. The van der Waals surface area contributed by atoms with Gasteiger partial charge < -0.3 is 5.11 Å². The molecule has 0 aromatic heterocycles. The van der Waals surface area contributed by atoms with E-state index in [9.17, 15) is 5.11 Å². The van der Waals surface area contributed by atoms with E-state index in [2.05, 4.69) is 4.90 Å². The van der Waals surface area contributed by atoms with E-state index in [4.69, 9.17) is 0 Å². The molecule has 17 heavy (non-hydrogen) atoms. The van der Waals surface area contributed by atoms with Gasteiger partial charge in [0.1, 0.15) is 0 Å². The average Bonchev–Trinajstić information content (AvgIpc) is 2.76. The van der Waals surface area contributed by atoms with Gasteiger partial charge in [-0.3, -0.25) is 4.90 Å². The van der Waals surface area contributed by atoms with E-state index in [1.54, 1.807) is 0 Å². The summed E-state index contributed by atoms with van der Waals surface area (Å²) < 4.78 is 0. The highest BCUT2D eigenvalue weighted by Gasteiger charge is 2.36. The summed E-state index contributed by atoms with van der Waals surface area (Å²) in [7, 11) is 0. The van der Waals surface area contributed by atoms with Gasteiger partial charge in [-0.2, -0.15) is 0 Å². The Balaban J connectivity index is 1.61. The first-order valence-corrected chi connectivity index (χ1v) is 7.77. The fourth-order valence-electron chi connectivity index (χ4n) is 4.49. The first-order valence-electron chi connectivity index (χ1n) is 7.77. The van der Waals surface area contributed by atoms with Crippen LogP contribution < -0.4 is 0 Å². The zero-order valence-electron chi connectivity index (χ0n) is 11.0. The van der Waals surface area contributed by atoms with Crippen LogP contribution >= 0.6 is 0 Å². The number of hydrogen-bond acceptors (Lipinski definition) is 2. The molecule has 1 N–H and O–H groups in total. The molecule has 1 heterocycles. The molecule has 3 aliphatic rings. The smallest absolute Gasteiger partial charge is 0.0580 e. The molecular formula is C15H27NO. The number of aliphatic hydroxyl groups is 1. The van der Waals surface area contributed by atoms with Crippen molar-refractivity contribution in [1.29, 1.82) is 0 Å². The third kappa shape index (κ3) is 2.53. The molecule has 0 aromatic rings. The van der Waals surface area contributed by atoms with Gasteiger partial charge in [-0.15, -0.1) is 0 Å². The van der Waals surface area contributed by atoms with Crippen molar-refractivity contribution >= 4 is 0 Å². The largest absolute Gasteiger partial charge is 0.393 e. The van der Waals surface area contributed by atoms with Crippen LogP contribution in [-0.4, -0.2) is 35.2 Å². The molecule has 0 amide bonds. The summed E-state index contributed by atoms with van der Waals surface area (Å²) >= 11 is 0. The van der Waals surface area contributed by atoms with Crippen LogP contribution in [0.25, 0.3) is 0 Å². The van der Waals surface area contributed by atoms with Crippen molar-refractivity contribution in [3.63, 3.8) is 0 Å². The summed E-state index contributed by atoms with van der Waals surface area (Å²) in [6.45, 7) is 2.48. The normalized spacial score (nSPS) is 43.6. The second kappa shape index (κ2) is 5.27. The Morgan fingerprint density at radius 1 is 0.882 bits per heavy atom. The lowest BCUT2D eigenvalue weighted by molar-refractivity contribution is 0.0263. The van der Waals surface area contributed by atoms with E-state index in [-0.39, 0.29) is 6.10 Å². The van der Waals surface area contributed by atoms with Crippen molar-refractivity contribution in [1.82, 2.24) is 4.90 Å². The van der Waals surface area contributed by atoms with Crippen molar-refractivity contribution in [3.05, 3.63) is 0 Å². The van der Waals surface area contributed by atoms with Crippen LogP contribution in [0, 0.1) is 11.8 Å². The topological polar surface area (TPSA) is 23.5 Å². The summed E-state index contributed by atoms with van der Waals surface area (Å²) in [5, 5.41) is 9.99. The zero-order chi connectivity index (χ0) is 11.7. The lowest BCUT2D eigenvalue weighted by atomic mass is 9.78. The second-order valence-electron chi connectivity index (χ2n) is 6.51. The molecule has 0 bridgehead atoms. The summed E-state index contributed by atoms with van der Waals surface area (Å²) in [5.41, 5.74) is 0. The van der Waals surface area contributed by atoms with E-state index in [1.807, 2.05) is 0 Å². The minimum absolute atomic E-state index is 0.000956. The van der Waals surface area contributed by atoms with E-state index in [0.29, 0.717) is 5.92 Å². The minimum Gasteiger partial charge on any atom is -0.393 e. The van der Waals surface area contributed by atoms with E-state index in [0.717, 1.165) is 18.4 Å². The van der Waals surface area contributed by atoms with Gasteiger partial charge in [-0.1, -0.05) is 19.3 Å². The highest BCUT2D eigenvalue weighted by atomic mass is 16.3. The second-order valence-corrected chi connectivity index (χ2v) is 6.51. The van der Waals surface area contributed by atoms with Crippen LogP contribution in [0.3, 0.4) is 0 Å². The Hall–Kier alpha value is -0.0800. The van der Waals surface area contributed by atoms with E-state index < -0.39 is 0 Å². The SMILES string of the molecule is OC1CCCC1CN1CCC[C@H]2CCCC[C@H]21. The van der Waals surface area contributed by atoms with Crippen LogP contribution in [0.5, 0.6) is 0 Å². The van der Waals surface area contributed by atoms with Crippen LogP contribution in [-0.2, 0) is 0 Å². The molecule has 0 radical (unpaired) electrons. The minimum atomic E-state index is -0.000956. The lowest BCUT2D eigenvalue weighted by Gasteiger charge is -2.45. The van der Waals surface area contributed by atoms with Crippen molar-refractivity contribution in [2.75, 3.05) is 13.1 Å². The average molecular weight is 237 g/mol. The Morgan fingerprint density at radius 3 is 2.53 bits per heavy atom. The third-order valence-corrected chi connectivity index (χ3v) is 5.45. The predicted molar refractivity (Wildman–Crippen MR) is 69.9 cm³/mol. The molecule has 2 nitrogen and oxygen atoms in total. The number of likely N-dealkylation sites (tertiary alicyclic amines) is 1. The Kier molecular flexibility index (Phi) is 3.72. The van der Waals surface area contributed by atoms with Crippen LogP contribution in [0.15, 0.2) is 0 Å². The molecule has 2 unspecified atom stereocenters. The number of nitrogens with zero attached hydrogens (tertiary/aromatic N) is 1. The number of piperidine rings is 1. The highest BCUT2D eigenvalue weighted by molar-refractivity contribution is 4.90. The molecule has 98 valence electrons. The van der Waals surface area contributed by atoms with Gasteiger partial charge in [0.25, 0.3) is 0 Å². The number of hydrogen-bond donors (Lipinski definition) is 1. The molecule has 2 aliphatic carbocycles. The summed E-state index contributed by atoms with van der Waals surface area (Å²) in [5.74, 6) is 1.56. The summed E-state index contributed by atoms with van der Waals surface area (Å²) in [6.07, 6.45) is 12.2. The summed E-state index contributed by atoms with van der Waals surface area (Å²) in [4.78, 5) is 2.74. The van der Waals surface area contributed by atoms with Crippen LogP contribution in [0.1, 0.15) is 57.8 Å². The van der Waals surface area contributed by atoms with E-state index in [1.165, 1.54) is 64.5 Å². The van der Waals surface area contributed by atoms with Gasteiger partial charge >= 0.3 is 0 Å². The molecule has 3 fully saturated rings. The van der Waals surface area contributed by atoms with Gasteiger partial charge in [0, 0.05) is 12.6 Å². The molecule has 1 aliphatic heterocycles. The van der Waals surface area contributed by atoms with Gasteiger partial charge in [-0.25, -0.2) is 0 Å². The van der Waals surface area contributed by atoms with Crippen LogP contribution in [0.4, 0.5) is 0 Å². The standard InChI is InChI=1S/C15H27NO/c17-15-9-3-6-13(15)11-16-10-4-7-12-5-1-2-8-14(12)16/h12-15,17H,1-11H2/t12-,13?,14-,15?/m1/s1. The van der Waals surface area contributed by atoms with Crippen molar-refractivity contribution in [3.8, 4) is 0 Å². The molecule has 2 heteroatoms. The molecule has 3 rings (SSSR count). The molecule has 1 saturated heterocycles. The van der Waals surface area contributed by atoms with Gasteiger partial charge in [0.05, 0.1) is 6.10 Å². The quantitative estimate of drug-likeness (QED) is 0.798. The van der Waals surface area contributed by atoms with E-state index >= 15 is 0 Å². The predicted octanol–water partition coefficient (Wildman–Crippen LogP) is 2.80. The molecular weight excluding hydrogens is 210 g/mol. The lowest BCUT2D eigenvalue weighted by Crippen LogP contribution is -2.49. The monoisotopic (exact) mass is 237 g/mol. The number of aliphatic hydroxyl groups excluding tert-OH is 1. The Bertz CT molecular complexity index is 253. The van der Waals surface area contributed by atoms with Gasteiger partial charge in [-0.05, 0) is 56.9 Å².